The van der Waals surface area contributed by atoms with E-state index in [0.717, 1.165) is 19.4 Å². The lowest BCUT2D eigenvalue weighted by molar-refractivity contribution is 0.0697. The summed E-state index contributed by atoms with van der Waals surface area (Å²) < 4.78 is 0. The highest BCUT2D eigenvalue weighted by molar-refractivity contribution is 5.94. The van der Waals surface area contributed by atoms with Gasteiger partial charge in [0.1, 0.15) is 0 Å². The molecule has 0 bridgehead atoms. The standard InChI is InChI=1S/C12H18N2O3/c1-2-3-6-14(7-8-15)11-9-13-5-4-10(11)12(16)17/h4-5,9,15H,2-3,6-8H2,1H3,(H,16,17). The zero-order valence-corrected chi connectivity index (χ0v) is 9.96. The van der Waals surface area contributed by atoms with Crippen LogP contribution < -0.4 is 4.90 Å². The second-order valence-electron chi connectivity index (χ2n) is 3.76. The number of hydrogen-bond acceptors (Lipinski definition) is 4. The number of aliphatic hydroxyl groups is 1. The van der Waals surface area contributed by atoms with Gasteiger partial charge >= 0.3 is 5.97 Å². The molecule has 0 aromatic carbocycles. The van der Waals surface area contributed by atoms with Crippen molar-refractivity contribution in [3.63, 3.8) is 0 Å². The first-order chi connectivity index (χ1) is 8.20. The van der Waals surface area contributed by atoms with E-state index in [4.69, 9.17) is 10.2 Å². The summed E-state index contributed by atoms with van der Waals surface area (Å²) in [7, 11) is 0. The zero-order valence-electron chi connectivity index (χ0n) is 9.96. The number of aromatic nitrogens is 1. The lowest BCUT2D eigenvalue weighted by atomic mass is 10.2. The summed E-state index contributed by atoms with van der Waals surface area (Å²) in [6.45, 7) is 3.21. The lowest BCUT2D eigenvalue weighted by Gasteiger charge is -2.24. The Hall–Kier alpha value is -1.62. The van der Waals surface area contributed by atoms with Crippen molar-refractivity contribution in [2.75, 3.05) is 24.6 Å². The number of carboxylic acid groups (broad SMARTS) is 1. The maximum absolute atomic E-state index is 11.1. The monoisotopic (exact) mass is 238 g/mol. The number of rotatable bonds is 7. The fourth-order valence-electron chi connectivity index (χ4n) is 1.64. The lowest BCUT2D eigenvalue weighted by Crippen LogP contribution is -2.29. The summed E-state index contributed by atoms with van der Waals surface area (Å²) in [5.74, 6) is -0.971. The van der Waals surface area contributed by atoms with Crippen molar-refractivity contribution < 1.29 is 15.0 Å². The van der Waals surface area contributed by atoms with Gasteiger partial charge in [0.05, 0.1) is 24.1 Å². The van der Waals surface area contributed by atoms with Gasteiger partial charge in [-0.15, -0.1) is 0 Å². The molecule has 0 amide bonds. The topological polar surface area (TPSA) is 73.7 Å². The van der Waals surface area contributed by atoms with Gasteiger partial charge < -0.3 is 15.1 Å². The van der Waals surface area contributed by atoms with Crippen LogP contribution in [0.4, 0.5) is 5.69 Å². The molecular weight excluding hydrogens is 220 g/mol. The first-order valence-electron chi connectivity index (χ1n) is 5.73. The molecule has 0 fully saturated rings. The van der Waals surface area contributed by atoms with Crippen LogP contribution in [0.15, 0.2) is 18.5 Å². The number of carboxylic acids is 1. The van der Waals surface area contributed by atoms with E-state index in [2.05, 4.69) is 11.9 Å². The van der Waals surface area contributed by atoms with Gasteiger partial charge in [-0.2, -0.15) is 0 Å². The van der Waals surface area contributed by atoms with Crippen molar-refractivity contribution in [3.05, 3.63) is 24.0 Å². The predicted octanol–water partition coefficient (Wildman–Crippen LogP) is 1.38. The van der Waals surface area contributed by atoms with Crippen molar-refractivity contribution >= 4 is 11.7 Å². The van der Waals surface area contributed by atoms with Crippen molar-refractivity contribution in [2.24, 2.45) is 0 Å². The van der Waals surface area contributed by atoms with Gasteiger partial charge in [-0.25, -0.2) is 4.79 Å². The molecule has 0 aliphatic rings. The Balaban J connectivity index is 2.95. The van der Waals surface area contributed by atoms with Crippen LogP contribution in [0.5, 0.6) is 0 Å². The van der Waals surface area contributed by atoms with E-state index in [-0.39, 0.29) is 12.2 Å². The van der Waals surface area contributed by atoms with E-state index in [0.29, 0.717) is 12.2 Å². The van der Waals surface area contributed by atoms with Gasteiger partial charge in [0.2, 0.25) is 0 Å². The summed E-state index contributed by atoms with van der Waals surface area (Å²) in [6.07, 6.45) is 4.97. The first kappa shape index (κ1) is 13.4. The summed E-state index contributed by atoms with van der Waals surface area (Å²) >= 11 is 0. The Morgan fingerprint density at radius 1 is 1.47 bits per heavy atom. The fourth-order valence-corrected chi connectivity index (χ4v) is 1.64. The van der Waals surface area contributed by atoms with Crippen molar-refractivity contribution in [1.82, 2.24) is 4.98 Å². The van der Waals surface area contributed by atoms with Crippen LogP contribution in [0, 0.1) is 0 Å². The molecule has 94 valence electrons. The first-order valence-corrected chi connectivity index (χ1v) is 5.73. The van der Waals surface area contributed by atoms with E-state index < -0.39 is 5.97 Å². The van der Waals surface area contributed by atoms with Crippen molar-refractivity contribution in [2.45, 2.75) is 19.8 Å². The Bertz CT molecular complexity index is 369. The SMILES string of the molecule is CCCCN(CCO)c1cnccc1C(=O)O. The number of hydrogen-bond donors (Lipinski definition) is 2. The molecule has 0 atom stereocenters. The van der Waals surface area contributed by atoms with Gasteiger partial charge in [0, 0.05) is 19.3 Å². The van der Waals surface area contributed by atoms with Gasteiger partial charge in [-0.1, -0.05) is 13.3 Å². The minimum Gasteiger partial charge on any atom is -0.478 e. The Labute approximate surface area is 101 Å². The Kier molecular flexibility index (Phi) is 5.42. The van der Waals surface area contributed by atoms with Crippen molar-refractivity contribution in [1.29, 1.82) is 0 Å². The smallest absolute Gasteiger partial charge is 0.337 e. The predicted molar refractivity (Wildman–Crippen MR) is 65.4 cm³/mol. The number of anilines is 1. The van der Waals surface area contributed by atoms with E-state index in [1.807, 2.05) is 4.90 Å². The van der Waals surface area contributed by atoms with Crippen LogP contribution >= 0.6 is 0 Å². The molecule has 17 heavy (non-hydrogen) atoms. The summed E-state index contributed by atoms with van der Waals surface area (Å²) in [5.41, 5.74) is 0.798. The van der Waals surface area contributed by atoms with E-state index in [9.17, 15) is 4.79 Å². The normalized spacial score (nSPS) is 10.2. The molecular formula is C12H18N2O3. The van der Waals surface area contributed by atoms with E-state index in [1.54, 1.807) is 0 Å². The third kappa shape index (κ3) is 3.71. The molecule has 5 heteroatoms. The average Bonchev–Trinajstić information content (AvgIpc) is 2.34. The van der Waals surface area contributed by atoms with Crippen LogP contribution in [-0.4, -0.2) is 40.9 Å². The molecule has 0 radical (unpaired) electrons. The minimum absolute atomic E-state index is 0.00231. The average molecular weight is 238 g/mol. The molecule has 0 aliphatic heterocycles. The highest BCUT2D eigenvalue weighted by Gasteiger charge is 2.15. The third-order valence-electron chi connectivity index (χ3n) is 2.52. The molecule has 0 saturated carbocycles. The quantitative estimate of drug-likeness (QED) is 0.750. The summed E-state index contributed by atoms with van der Waals surface area (Å²) in [4.78, 5) is 16.9. The molecule has 0 unspecified atom stereocenters. The largest absolute Gasteiger partial charge is 0.478 e. The Morgan fingerprint density at radius 2 is 2.24 bits per heavy atom. The van der Waals surface area contributed by atoms with Crippen LogP contribution in [0.1, 0.15) is 30.1 Å². The zero-order chi connectivity index (χ0) is 12.7. The van der Waals surface area contributed by atoms with Gasteiger partial charge in [0.25, 0.3) is 0 Å². The molecule has 5 nitrogen and oxygen atoms in total. The maximum Gasteiger partial charge on any atom is 0.337 e. The van der Waals surface area contributed by atoms with E-state index in [1.165, 1.54) is 18.5 Å². The summed E-state index contributed by atoms with van der Waals surface area (Å²) in [5, 5.41) is 18.1. The molecule has 0 saturated heterocycles. The van der Waals surface area contributed by atoms with Crippen LogP contribution in [0.2, 0.25) is 0 Å². The fraction of sp³-hybridized carbons (Fsp3) is 0.500. The van der Waals surface area contributed by atoms with Crippen molar-refractivity contribution in [3.8, 4) is 0 Å². The van der Waals surface area contributed by atoms with Crippen LogP contribution in [0.3, 0.4) is 0 Å². The third-order valence-corrected chi connectivity index (χ3v) is 2.52. The number of pyridine rings is 1. The number of carbonyl (C=O) groups is 1. The second kappa shape index (κ2) is 6.85. The molecule has 1 heterocycles. The molecule has 2 N–H and O–H groups in total. The number of aromatic carboxylic acids is 1. The summed E-state index contributed by atoms with van der Waals surface area (Å²) in [6, 6.07) is 1.48. The van der Waals surface area contributed by atoms with Gasteiger partial charge in [0.15, 0.2) is 0 Å². The number of nitrogens with zero attached hydrogens (tertiary/aromatic N) is 2. The van der Waals surface area contributed by atoms with Crippen LogP contribution in [-0.2, 0) is 0 Å². The molecule has 1 aromatic rings. The maximum atomic E-state index is 11.1. The molecule has 1 rings (SSSR count). The molecule has 0 aliphatic carbocycles. The molecule has 0 spiro atoms. The number of aliphatic hydroxyl groups excluding tert-OH is 1. The highest BCUT2D eigenvalue weighted by atomic mass is 16.4. The number of unbranched alkanes of at least 4 members (excludes halogenated alkanes) is 1. The van der Waals surface area contributed by atoms with E-state index >= 15 is 0 Å². The van der Waals surface area contributed by atoms with Gasteiger partial charge in [-0.05, 0) is 12.5 Å². The second-order valence-corrected chi connectivity index (χ2v) is 3.76. The molecule has 1 aromatic heterocycles. The van der Waals surface area contributed by atoms with Crippen LogP contribution in [0.25, 0.3) is 0 Å². The van der Waals surface area contributed by atoms with Gasteiger partial charge in [-0.3, -0.25) is 4.98 Å². The Morgan fingerprint density at radius 3 is 2.82 bits per heavy atom. The minimum atomic E-state index is -0.971. The highest BCUT2D eigenvalue weighted by Crippen LogP contribution is 2.19.